The molecule has 5 nitrogen and oxygen atoms in total. The maximum absolute atomic E-state index is 11.8. The molecule has 0 aliphatic carbocycles. The van der Waals surface area contributed by atoms with Crippen molar-refractivity contribution in [3.63, 3.8) is 0 Å². The summed E-state index contributed by atoms with van der Waals surface area (Å²) in [6.45, 7) is 7.53. The lowest BCUT2D eigenvalue weighted by molar-refractivity contribution is 0.0344. The third-order valence-electron chi connectivity index (χ3n) is 3.72. The Bertz CT molecular complexity index is 516. The molecule has 0 saturated carbocycles. The van der Waals surface area contributed by atoms with Crippen molar-refractivity contribution < 1.29 is 14.3 Å². The maximum atomic E-state index is 11.8. The number of esters is 1. The van der Waals surface area contributed by atoms with Crippen molar-refractivity contribution in [1.29, 1.82) is 0 Å². The van der Waals surface area contributed by atoms with E-state index in [4.69, 9.17) is 15.2 Å². The van der Waals surface area contributed by atoms with Gasteiger partial charge in [-0.25, -0.2) is 4.79 Å². The summed E-state index contributed by atoms with van der Waals surface area (Å²) in [7, 11) is 1.36. The van der Waals surface area contributed by atoms with Gasteiger partial charge in [0.15, 0.2) is 0 Å². The van der Waals surface area contributed by atoms with E-state index in [1.54, 1.807) is 0 Å². The van der Waals surface area contributed by atoms with E-state index in [9.17, 15) is 4.79 Å². The van der Waals surface area contributed by atoms with Crippen molar-refractivity contribution in [1.82, 2.24) is 0 Å². The highest BCUT2D eigenvalue weighted by atomic mass is 16.5. The SMILES string of the molecule is COC(=O)c1cc(N2CC(C)OCC2C)cc(C)c1N. The van der Waals surface area contributed by atoms with Crippen LogP contribution in [0.2, 0.25) is 0 Å². The second-order valence-corrected chi connectivity index (χ2v) is 5.36. The quantitative estimate of drug-likeness (QED) is 0.662. The minimum Gasteiger partial charge on any atom is -0.465 e. The van der Waals surface area contributed by atoms with Crippen LogP contribution in [-0.2, 0) is 9.47 Å². The van der Waals surface area contributed by atoms with E-state index in [-0.39, 0.29) is 12.1 Å². The molecule has 1 heterocycles. The van der Waals surface area contributed by atoms with Gasteiger partial charge in [0.2, 0.25) is 0 Å². The van der Waals surface area contributed by atoms with Gasteiger partial charge in [-0.1, -0.05) is 0 Å². The van der Waals surface area contributed by atoms with Crippen LogP contribution in [0.1, 0.15) is 29.8 Å². The summed E-state index contributed by atoms with van der Waals surface area (Å²) in [4.78, 5) is 14.1. The van der Waals surface area contributed by atoms with E-state index < -0.39 is 5.97 Å². The summed E-state index contributed by atoms with van der Waals surface area (Å²) in [6, 6.07) is 4.08. The Balaban J connectivity index is 2.41. The molecule has 20 heavy (non-hydrogen) atoms. The summed E-state index contributed by atoms with van der Waals surface area (Å²) < 4.78 is 10.4. The molecule has 2 unspecified atom stereocenters. The summed E-state index contributed by atoms with van der Waals surface area (Å²) in [5, 5.41) is 0. The Morgan fingerprint density at radius 1 is 1.45 bits per heavy atom. The van der Waals surface area contributed by atoms with Gasteiger partial charge in [0, 0.05) is 24.0 Å². The van der Waals surface area contributed by atoms with Crippen LogP contribution in [0, 0.1) is 6.92 Å². The lowest BCUT2D eigenvalue weighted by Gasteiger charge is -2.39. The van der Waals surface area contributed by atoms with E-state index >= 15 is 0 Å². The Hall–Kier alpha value is -1.75. The summed E-state index contributed by atoms with van der Waals surface area (Å²) in [6.07, 6.45) is 0.172. The number of rotatable bonds is 2. The molecule has 0 amide bonds. The first-order valence-electron chi connectivity index (χ1n) is 6.80. The van der Waals surface area contributed by atoms with E-state index in [0.717, 1.165) is 17.8 Å². The fraction of sp³-hybridized carbons (Fsp3) is 0.533. The molecule has 0 spiro atoms. The standard InChI is InChI=1S/C15H22N2O3/c1-9-5-12(6-13(14(9)16)15(18)19-4)17-7-11(3)20-8-10(17)2/h5-6,10-11H,7-8,16H2,1-4H3. The summed E-state index contributed by atoms with van der Waals surface area (Å²) in [5.41, 5.74) is 8.75. The Morgan fingerprint density at radius 3 is 2.80 bits per heavy atom. The number of carbonyl (C=O) groups is 1. The summed E-state index contributed by atoms with van der Waals surface area (Å²) in [5.74, 6) is -0.401. The minimum atomic E-state index is -0.401. The van der Waals surface area contributed by atoms with E-state index in [1.165, 1.54) is 7.11 Å². The molecule has 2 atom stereocenters. The predicted octanol–water partition coefficient (Wildman–Crippen LogP) is 1.98. The monoisotopic (exact) mass is 278 g/mol. The van der Waals surface area contributed by atoms with Crippen molar-refractivity contribution in [3.8, 4) is 0 Å². The molecule has 0 radical (unpaired) electrons. The van der Waals surface area contributed by atoms with Crippen LogP contribution in [0.5, 0.6) is 0 Å². The van der Waals surface area contributed by atoms with E-state index in [1.807, 2.05) is 26.0 Å². The molecule has 1 aliphatic rings. The van der Waals surface area contributed by atoms with Crippen LogP contribution in [0.15, 0.2) is 12.1 Å². The van der Waals surface area contributed by atoms with Crippen molar-refractivity contribution in [2.24, 2.45) is 0 Å². The van der Waals surface area contributed by atoms with E-state index in [2.05, 4.69) is 11.8 Å². The number of nitrogens with zero attached hydrogens (tertiary/aromatic N) is 1. The van der Waals surface area contributed by atoms with Crippen LogP contribution in [0.25, 0.3) is 0 Å². The second kappa shape index (κ2) is 5.71. The molecular weight excluding hydrogens is 256 g/mol. The Kier molecular flexibility index (Phi) is 4.18. The number of hydrogen-bond donors (Lipinski definition) is 1. The predicted molar refractivity (Wildman–Crippen MR) is 79.2 cm³/mol. The number of nitrogens with two attached hydrogens (primary N) is 1. The Labute approximate surface area is 119 Å². The molecule has 2 N–H and O–H groups in total. The van der Waals surface area contributed by atoms with Crippen LogP contribution in [-0.4, -0.2) is 38.4 Å². The van der Waals surface area contributed by atoms with Crippen molar-refractivity contribution in [2.45, 2.75) is 32.9 Å². The van der Waals surface area contributed by atoms with Crippen LogP contribution < -0.4 is 10.6 Å². The Morgan fingerprint density at radius 2 is 2.15 bits per heavy atom. The number of ether oxygens (including phenoxy) is 2. The molecule has 0 bridgehead atoms. The molecule has 1 aromatic carbocycles. The summed E-state index contributed by atoms with van der Waals surface area (Å²) >= 11 is 0. The van der Waals surface area contributed by atoms with Crippen LogP contribution >= 0.6 is 0 Å². The largest absolute Gasteiger partial charge is 0.465 e. The zero-order valence-electron chi connectivity index (χ0n) is 12.5. The van der Waals surface area contributed by atoms with Gasteiger partial charge in [-0.2, -0.15) is 0 Å². The average Bonchev–Trinajstić information content (AvgIpc) is 2.43. The van der Waals surface area contributed by atoms with E-state index in [0.29, 0.717) is 17.9 Å². The van der Waals surface area contributed by atoms with Crippen molar-refractivity contribution in [2.75, 3.05) is 30.9 Å². The number of aryl methyl sites for hydroxylation is 1. The molecule has 2 rings (SSSR count). The zero-order chi connectivity index (χ0) is 14.9. The molecular formula is C15H22N2O3. The molecule has 110 valence electrons. The molecule has 1 aliphatic heterocycles. The number of carbonyl (C=O) groups excluding carboxylic acids is 1. The van der Waals surface area contributed by atoms with Crippen molar-refractivity contribution >= 4 is 17.3 Å². The first-order chi connectivity index (χ1) is 9.43. The van der Waals surface area contributed by atoms with Gasteiger partial charge >= 0.3 is 5.97 Å². The number of hydrogen-bond acceptors (Lipinski definition) is 5. The van der Waals surface area contributed by atoms with Gasteiger partial charge in [-0.15, -0.1) is 0 Å². The molecule has 1 fully saturated rings. The lowest BCUT2D eigenvalue weighted by Crippen LogP contribution is -2.47. The average molecular weight is 278 g/mol. The smallest absolute Gasteiger partial charge is 0.340 e. The lowest BCUT2D eigenvalue weighted by atomic mass is 10.0. The minimum absolute atomic E-state index is 0.172. The van der Waals surface area contributed by atoms with Gasteiger partial charge in [0.25, 0.3) is 0 Å². The number of morpholine rings is 1. The normalized spacial score (nSPS) is 22.7. The van der Waals surface area contributed by atoms with Gasteiger partial charge < -0.3 is 20.1 Å². The first kappa shape index (κ1) is 14.7. The number of nitrogen functional groups attached to an aromatic ring is 1. The zero-order valence-corrected chi connectivity index (χ0v) is 12.5. The second-order valence-electron chi connectivity index (χ2n) is 5.36. The highest BCUT2D eigenvalue weighted by molar-refractivity contribution is 5.97. The van der Waals surface area contributed by atoms with Gasteiger partial charge in [-0.05, 0) is 38.5 Å². The highest BCUT2D eigenvalue weighted by Crippen LogP contribution is 2.29. The molecule has 1 saturated heterocycles. The van der Waals surface area contributed by atoms with Crippen molar-refractivity contribution in [3.05, 3.63) is 23.3 Å². The molecule has 5 heteroatoms. The van der Waals surface area contributed by atoms with Gasteiger partial charge in [0.05, 0.1) is 25.4 Å². The topological polar surface area (TPSA) is 64.8 Å². The molecule has 1 aromatic rings. The van der Waals surface area contributed by atoms with Gasteiger partial charge in [-0.3, -0.25) is 0 Å². The van der Waals surface area contributed by atoms with Crippen LogP contribution in [0.4, 0.5) is 11.4 Å². The first-order valence-corrected chi connectivity index (χ1v) is 6.80. The third-order valence-corrected chi connectivity index (χ3v) is 3.72. The third kappa shape index (κ3) is 2.72. The fourth-order valence-corrected chi connectivity index (χ4v) is 2.49. The number of anilines is 2. The number of benzene rings is 1. The fourth-order valence-electron chi connectivity index (χ4n) is 2.49. The van der Waals surface area contributed by atoms with Gasteiger partial charge in [0.1, 0.15) is 0 Å². The van der Waals surface area contributed by atoms with Crippen LogP contribution in [0.3, 0.4) is 0 Å². The highest BCUT2D eigenvalue weighted by Gasteiger charge is 2.25. The number of methoxy groups -OCH3 is 1. The maximum Gasteiger partial charge on any atom is 0.340 e. The molecule has 0 aromatic heterocycles.